The maximum atomic E-state index is 12.3. The van der Waals surface area contributed by atoms with E-state index in [1.807, 2.05) is 69.3 Å². The molecule has 0 aliphatic heterocycles. The first-order chi connectivity index (χ1) is 11.5. The Kier molecular flexibility index (Phi) is 6.13. The number of aryl methyl sites for hydroxylation is 1. The van der Waals surface area contributed by atoms with E-state index in [4.69, 9.17) is 4.74 Å². The second-order valence-electron chi connectivity index (χ2n) is 5.77. The third-order valence-electron chi connectivity index (χ3n) is 4.12. The molecular formula is C20H23NO3. The summed E-state index contributed by atoms with van der Waals surface area (Å²) >= 11 is 0. The standard InChI is InChI=1S/C20H23NO3/c1-4-17(16-10-6-5-7-11-16)20(23)24-13-19(22)21-18-12-8-9-14(2)15(18)3/h5-12,17H,4,13H2,1-3H3,(H,21,22)/t17-/m0/s1. The summed E-state index contributed by atoms with van der Waals surface area (Å²) in [5.41, 5.74) is 3.75. The summed E-state index contributed by atoms with van der Waals surface area (Å²) in [5, 5.41) is 2.79. The summed E-state index contributed by atoms with van der Waals surface area (Å²) in [6, 6.07) is 15.2. The maximum absolute atomic E-state index is 12.3. The van der Waals surface area contributed by atoms with E-state index in [1.54, 1.807) is 0 Å². The van der Waals surface area contributed by atoms with Crippen LogP contribution >= 0.6 is 0 Å². The van der Waals surface area contributed by atoms with Crippen molar-refractivity contribution < 1.29 is 14.3 Å². The van der Waals surface area contributed by atoms with Gasteiger partial charge in [0.15, 0.2) is 6.61 Å². The SMILES string of the molecule is CC[C@H](C(=O)OCC(=O)Nc1cccc(C)c1C)c1ccccc1. The summed E-state index contributed by atoms with van der Waals surface area (Å²) in [6.45, 7) is 5.57. The van der Waals surface area contributed by atoms with Crippen LogP contribution in [0.15, 0.2) is 48.5 Å². The first-order valence-corrected chi connectivity index (χ1v) is 8.10. The van der Waals surface area contributed by atoms with Crippen molar-refractivity contribution in [3.63, 3.8) is 0 Å². The fourth-order valence-corrected chi connectivity index (χ4v) is 2.53. The molecule has 0 saturated heterocycles. The molecule has 0 aromatic heterocycles. The van der Waals surface area contributed by atoms with E-state index in [1.165, 1.54) is 0 Å². The van der Waals surface area contributed by atoms with Gasteiger partial charge in [-0.2, -0.15) is 0 Å². The van der Waals surface area contributed by atoms with E-state index >= 15 is 0 Å². The van der Waals surface area contributed by atoms with E-state index in [0.29, 0.717) is 6.42 Å². The monoisotopic (exact) mass is 325 g/mol. The fourth-order valence-electron chi connectivity index (χ4n) is 2.53. The lowest BCUT2D eigenvalue weighted by atomic mass is 9.97. The largest absolute Gasteiger partial charge is 0.455 e. The van der Waals surface area contributed by atoms with E-state index in [9.17, 15) is 9.59 Å². The number of carbonyl (C=O) groups is 2. The number of carbonyl (C=O) groups excluding carboxylic acids is 2. The summed E-state index contributed by atoms with van der Waals surface area (Å²) in [4.78, 5) is 24.3. The van der Waals surface area contributed by atoms with Gasteiger partial charge in [0.1, 0.15) is 0 Å². The van der Waals surface area contributed by atoms with Gasteiger partial charge in [0, 0.05) is 5.69 Å². The highest BCUT2D eigenvalue weighted by molar-refractivity contribution is 5.94. The number of esters is 1. The quantitative estimate of drug-likeness (QED) is 0.817. The second-order valence-corrected chi connectivity index (χ2v) is 5.77. The summed E-state index contributed by atoms with van der Waals surface area (Å²) in [5.74, 6) is -1.06. The molecule has 2 aromatic carbocycles. The fraction of sp³-hybridized carbons (Fsp3) is 0.300. The molecule has 4 nitrogen and oxygen atoms in total. The maximum Gasteiger partial charge on any atom is 0.313 e. The second kappa shape index (κ2) is 8.29. The molecule has 0 heterocycles. The van der Waals surface area contributed by atoms with E-state index < -0.39 is 0 Å². The van der Waals surface area contributed by atoms with Crippen LogP contribution in [0.3, 0.4) is 0 Å². The van der Waals surface area contributed by atoms with Gasteiger partial charge in [-0.25, -0.2) is 0 Å². The number of rotatable bonds is 6. The van der Waals surface area contributed by atoms with Crippen molar-refractivity contribution in [3.8, 4) is 0 Å². The number of benzene rings is 2. The molecule has 1 N–H and O–H groups in total. The topological polar surface area (TPSA) is 55.4 Å². The predicted octanol–water partition coefficient (Wildman–Crippen LogP) is 3.98. The normalized spacial score (nSPS) is 11.6. The van der Waals surface area contributed by atoms with Crippen LogP contribution in [0.1, 0.15) is 36.0 Å². The van der Waals surface area contributed by atoms with Gasteiger partial charge in [0.2, 0.25) is 0 Å². The molecule has 0 unspecified atom stereocenters. The van der Waals surface area contributed by atoms with Gasteiger partial charge in [-0.15, -0.1) is 0 Å². The molecular weight excluding hydrogens is 302 g/mol. The van der Waals surface area contributed by atoms with Gasteiger partial charge in [0.05, 0.1) is 5.92 Å². The zero-order chi connectivity index (χ0) is 17.5. The number of hydrogen-bond acceptors (Lipinski definition) is 3. The third kappa shape index (κ3) is 4.44. The predicted molar refractivity (Wildman–Crippen MR) is 95.0 cm³/mol. The Morgan fingerprint density at radius 2 is 1.75 bits per heavy atom. The van der Waals surface area contributed by atoms with Gasteiger partial charge in [-0.3, -0.25) is 9.59 Å². The van der Waals surface area contributed by atoms with Gasteiger partial charge in [-0.05, 0) is 43.0 Å². The highest BCUT2D eigenvalue weighted by Gasteiger charge is 2.21. The Morgan fingerprint density at radius 1 is 1.04 bits per heavy atom. The van der Waals surface area contributed by atoms with Gasteiger partial charge >= 0.3 is 5.97 Å². The zero-order valence-corrected chi connectivity index (χ0v) is 14.3. The molecule has 0 aliphatic rings. The van der Waals surface area contributed by atoms with Gasteiger partial charge in [-0.1, -0.05) is 49.4 Å². The average molecular weight is 325 g/mol. The highest BCUT2D eigenvalue weighted by atomic mass is 16.5. The summed E-state index contributed by atoms with van der Waals surface area (Å²) in [7, 11) is 0. The lowest BCUT2D eigenvalue weighted by Crippen LogP contribution is -2.24. The van der Waals surface area contributed by atoms with E-state index in [2.05, 4.69) is 5.32 Å². The number of anilines is 1. The van der Waals surface area contributed by atoms with Crippen molar-refractivity contribution in [3.05, 3.63) is 65.2 Å². The van der Waals surface area contributed by atoms with Crippen LogP contribution in [0.5, 0.6) is 0 Å². The van der Waals surface area contributed by atoms with Crippen LogP contribution in [0.4, 0.5) is 5.69 Å². The molecule has 2 rings (SSSR count). The molecule has 0 fully saturated rings. The molecule has 4 heteroatoms. The van der Waals surface area contributed by atoms with Crippen molar-refractivity contribution in [1.82, 2.24) is 0 Å². The Hall–Kier alpha value is -2.62. The third-order valence-corrected chi connectivity index (χ3v) is 4.12. The Labute approximate surface area is 142 Å². The zero-order valence-electron chi connectivity index (χ0n) is 14.3. The van der Waals surface area contributed by atoms with Crippen molar-refractivity contribution in [2.45, 2.75) is 33.1 Å². The van der Waals surface area contributed by atoms with Gasteiger partial charge < -0.3 is 10.1 Å². The number of amides is 1. The number of nitrogens with one attached hydrogen (secondary N) is 1. The first-order valence-electron chi connectivity index (χ1n) is 8.10. The van der Waals surface area contributed by atoms with Crippen molar-refractivity contribution in [2.24, 2.45) is 0 Å². The Bertz CT molecular complexity index is 710. The van der Waals surface area contributed by atoms with E-state index in [0.717, 1.165) is 22.4 Å². The molecule has 2 aromatic rings. The van der Waals surface area contributed by atoms with Gasteiger partial charge in [0.25, 0.3) is 5.91 Å². The van der Waals surface area contributed by atoms with Crippen molar-refractivity contribution in [1.29, 1.82) is 0 Å². The molecule has 126 valence electrons. The lowest BCUT2D eigenvalue weighted by molar-refractivity contribution is -0.149. The minimum Gasteiger partial charge on any atom is -0.455 e. The average Bonchev–Trinajstić information content (AvgIpc) is 2.59. The Morgan fingerprint density at radius 3 is 2.42 bits per heavy atom. The Balaban J connectivity index is 1.93. The molecule has 0 spiro atoms. The molecule has 1 amide bonds. The van der Waals surface area contributed by atoms with Crippen LogP contribution in [0, 0.1) is 13.8 Å². The smallest absolute Gasteiger partial charge is 0.313 e. The molecule has 0 bridgehead atoms. The van der Waals surface area contributed by atoms with E-state index in [-0.39, 0.29) is 24.4 Å². The highest BCUT2D eigenvalue weighted by Crippen LogP contribution is 2.21. The van der Waals surface area contributed by atoms with Crippen molar-refractivity contribution in [2.75, 3.05) is 11.9 Å². The summed E-state index contributed by atoms with van der Waals surface area (Å²) in [6.07, 6.45) is 0.626. The molecule has 24 heavy (non-hydrogen) atoms. The van der Waals surface area contributed by atoms with Crippen LogP contribution in [-0.4, -0.2) is 18.5 Å². The molecule has 0 radical (unpaired) electrons. The van der Waals surface area contributed by atoms with Crippen LogP contribution in [0.25, 0.3) is 0 Å². The van der Waals surface area contributed by atoms with Crippen LogP contribution < -0.4 is 5.32 Å². The number of ether oxygens (including phenoxy) is 1. The van der Waals surface area contributed by atoms with Crippen LogP contribution in [-0.2, 0) is 14.3 Å². The lowest BCUT2D eigenvalue weighted by Gasteiger charge is -2.15. The van der Waals surface area contributed by atoms with Crippen molar-refractivity contribution >= 4 is 17.6 Å². The molecule has 1 atom stereocenters. The minimum absolute atomic E-state index is 0.282. The van der Waals surface area contributed by atoms with Crippen LogP contribution in [0.2, 0.25) is 0 Å². The molecule has 0 saturated carbocycles. The number of hydrogen-bond donors (Lipinski definition) is 1. The summed E-state index contributed by atoms with van der Waals surface area (Å²) < 4.78 is 5.20. The first kappa shape index (κ1) is 17.7. The minimum atomic E-state index is -0.375. The molecule has 0 aliphatic carbocycles.